The summed E-state index contributed by atoms with van der Waals surface area (Å²) >= 11 is 5.93. The molecule has 0 aliphatic carbocycles. The van der Waals surface area contributed by atoms with E-state index in [-0.39, 0.29) is 28.6 Å². The maximum Gasteiger partial charge on any atom is 0.252 e. The predicted octanol–water partition coefficient (Wildman–Crippen LogP) is -0.131. The van der Waals surface area contributed by atoms with E-state index >= 15 is 0 Å². The summed E-state index contributed by atoms with van der Waals surface area (Å²) in [6.07, 6.45) is 1.00. The molecule has 130 valence electrons. The van der Waals surface area contributed by atoms with Crippen LogP contribution in [0.15, 0.2) is 23.1 Å². The second-order valence-corrected chi connectivity index (χ2v) is 9.24. The summed E-state index contributed by atoms with van der Waals surface area (Å²) in [5.74, 6) is -0.596. The molecular formula is C12H18ClN3O5S2. The molecule has 0 saturated carbocycles. The van der Waals surface area contributed by atoms with E-state index in [1.54, 1.807) is 0 Å². The number of carbonyl (C=O) groups is 1. The zero-order valence-electron chi connectivity index (χ0n) is 12.8. The van der Waals surface area contributed by atoms with Gasteiger partial charge in [0.2, 0.25) is 20.0 Å². The molecule has 0 radical (unpaired) electrons. The highest BCUT2D eigenvalue weighted by molar-refractivity contribution is 7.89. The van der Waals surface area contributed by atoms with Gasteiger partial charge in [-0.15, -0.1) is 0 Å². The molecule has 0 aliphatic rings. The molecule has 11 heteroatoms. The predicted molar refractivity (Wildman–Crippen MR) is 87.5 cm³/mol. The molecule has 1 aromatic rings. The minimum Gasteiger partial charge on any atom is -0.351 e. The summed E-state index contributed by atoms with van der Waals surface area (Å²) in [6.45, 7) is 0.0464. The van der Waals surface area contributed by atoms with Crippen molar-refractivity contribution in [2.75, 3.05) is 33.4 Å². The van der Waals surface area contributed by atoms with Crippen LogP contribution in [0.2, 0.25) is 5.02 Å². The first kappa shape index (κ1) is 19.8. The number of hydrogen-bond donors (Lipinski definition) is 2. The van der Waals surface area contributed by atoms with E-state index in [1.807, 2.05) is 0 Å². The van der Waals surface area contributed by atoms with Gasteiger partial charge in [0, 0.05) is 27.2 Å². The SMILES string of the molecule is CN(C)S(=O)(=O)c1ccc(Cl)c(C(=O)NCCNS(C)(=O)=O)c1. The third-order valence-corrected chi connectivity index (χ3v) is 5.61. The summed E-state index contributed by atoms with van der Waals surface area (Å²) in [5, 5.41) is 2.56. The second kappa shape index (κ2) is 7.58. The Morgan fingerprint density at radius 3 is 2.30 bits per heavy atom. The van der Waals surface area contributed by atoms with Crippen molar-refractivity contribution in [3.8, 4) is 0 Å². The topological polar surface area (TPSA) is 113 Å². The van der Waals surface area contributed by atoms with Gasteiger partial charge >= 0.3 is 0 Å². The van der Waals surface area contributed by atoms with Gasteiger partial charge in [-0.05, 0) is 18.2 Å². The number of nitrogens with zero attached hydrogens (tertiary/aromatic N) is 1. The first-order valence-corrected chi connectivity index (χ1v) is 10.1. The van der Waals surface area contributed by atoms with E-state index in [0.717, 1.165) is 10.6 Å². The largest absolute Gasteiger partial charge is 0.351 e. The van der Waals surface area contributed by atoms with Crippen LogP contribution in [0.1, 0.15) is 10.4 Å². The molecule has 8 nitrogen and oxygen atoms in total. The van der Waals surface area contributed by atoms with Crippen LogP contribution in [0.5, 0.6) is 0 Å². The first-order chi connectivity index (χ1) is 10.4. The number of benzene rings is 1. The van der Waals surface area contributed by atoms with Crippen molar-refractivity contribution in [2.45, 2.75) is 4.90 Å². The van der Waals surface area contributed by atoms with E-state index in [2.05, 4.69) is 10.0 Å². The van der Waals surface area contributed by atoms with E-state index < -0.39 is 26.0 Å². The molecule has 0 fully saturated rings. The lowest BCUT2D eigenvalue weighted by Gasteiger charge is -2.13. The Kier molecular flexibility index (Phi) is 6.54. The Morgan fingerprint density at radius 2 is 1.78 bits per heavy atom. The van der Waals surface area contributed by atoms with E-state index in [4.69, 9.17) is 11.6 Å². The van der Waals surface area contributed by atoms with Crippen LogP contribution < -0.4 is 10.0 Å². The molecule has 0 atom stereocenters. The van der Waals surface area contributed by atoms with Crippen LogP contribution >= 0.6 is 11.6 Å². The average Bonchev–Trinajstić information content (AvgIpc) is 2.42. The molecule has 1 aromatic carbocycles. The van der Waals surface area contributed by atoms with Crippen LogP contribution in [0.3, 0.4) is 0 Å². The number of amides is 1. The third kappa shape index (κ3) is 5.74. The molecule has 1 amide bonds. The Morgan fingerprint density at radius 1 is 1.17 bits per heavy atom. The number of hydrogen-bond acceptors (Lipinski definition) is 5. The van der Waals surface area contributed by atoms with Crippen molar-refractivity contribution in [2.24, 2.45) is 0 Å². The number of nitrogens with one attached hydrogen (secondary N) is 2. The van der Waals surface area contributed by atoms with Gasteiger partial charge in [0.1, 0.15) is 0 Å². The first-order valence-electron chi connectivity index (χ1n) is 6.40. The van der Waals surface area contributed by atoms with E-state index in [1.165, 1.54) is 32.3 Å². The van der Waals surface area contributed by atoms with Gasteiger partial charge in [-0.3, -0.25) is 4.79 Å². The van der Waals surface area contributed by atoms with Gasteiger partial charge in [-0.1, -0.05) is 11.6 Å². The van der Waals surface area contributed by atoms with Crippen LogP contribution in [0.25, 0.3) is 0 Å². The summed E-state index contributed by atoms with van der Waals surface area (Å²) in [4.78, 5) is 12.0. The molecule has 1 rings (SSSR count). The lowest BCUT2D eigenvalue weighted by Crippen LogP contribution is -2.34. The highest BCUT2D eigenvalue weighted by Crippen LogP contribution is 2.22. The van der Waals surface area contributed by atoms with Crippen molar-refractivity contribution in [3.05, 3.63) is 28.8 Å². The highest BCUT2D eigenvalue weighted by Gasteiger charge is 2.20. The standard InChI is InChI=1S/C12H18ClN3O5S2/c1-16(2)23(20,21)9-4-5-11(13)10(8-9)12(17)14-6-7-15-22(3,18)19/h4-5,8,15H,6-7H2,1-3H3,(H,14,17). The lowest BCUT2D eigenvalue weighted by molar-refractivity contribution is 0.0954. The van der Waals surface area contributed by atoms with Crippen LogP contribution in [-0.4, -0.2) is 60.5 Å². The smallest absolute Gasteiger partial charge is 0.252 e. The summed E-state index contributed by atoms with van der Waals surface area (Å²) in [6, 6.07) is 3.80. The lowest BCUT2D eigenvalue weighted by atomic mass is 10.2. The van der Waals surface area contributed by atoms with Crippen molar-refractivity contribution >= 4 is 37.6 Å². The fraction of sp³-hybridized carbons (Fsp3) is 0.417. The monoisotopic (exact) mass is 383 g/mol. The Hall–Kier alpha value is -1.20. The molecular weight excluding hydrogens is 366 g/mol. The third-order valence-electron chi connectivity index (χ3n) is 2.74. The highest BCUT2D eigenvalue weighted by atomic mass is 35.5. The maximum absolute atomic E-state index is 12.1. The minimum atomic E-state index is -3.69. The van der Waals surface area contributed by atoms with E-state index in [9.17, 15) is 21.6 Å². The van der Waals surface area contributed by atoms with Gasteiger partial charge in [0.25, 0.3) is 5.91 Å². The van der Waals surface area contributed by atoms with Crippen molar-refractivity contribution in [1.82, 2.24) is 14.3 Å². The quantitative estimate of drug-likeness (QED) is 0.637. The number of halogens is 1. The summed E-state index contributed by atoms with van der Waals surface area (Å²) in [7, 11) is -4.28. The van der Waals surface area contributed by atoms with Crippen molar-refractivity contribution in [1.29, 1.82) is 0 Å². The number of rotatable bonds is 7. The zero-order chi connectivity index (χ0) is 17.8. The van der Waals surface area contributed by atoms with Gasteiger partial charge in [0.15, 0.2) is 0 Å². The molecule has 0 aromatic heterocycles. The molecule has 0 bridgehead atoms. The summed E-state index contributed by atoms with van der Waals surface area (Å²) < 4.78 is 49.2. The molecule has 2 N–H and O–H groups in total. The fourth-order valence-electron chi connectivity index (χ4n) is 1.56. The average molecular weight is 384 g/mol. The molecule has 0 heterocycles. The second-order valence-electron chi connectivity index (χ2n) is 4.85. The van der Waals surface area contributed by atoms with Crippen molar-refractivity contribution in [3.63, 3.8) is 0 Å². The van der Waals surface area contributed by atoms with Crippen LogP contribution in [0, 0.1) is 0 Å². The Bertz CT molecular complexity index is 791. The zero-order valence-corrected chi connectivity index (χ0v) is 15.2. The van der Waals surface area contributed by atoms with E-state index in [0.29, 0.717) is 0 Å². The Balaban J connectivity index is 2.89. The fourth-order valence-corrected chi connectivity index (χ4v) is 3.16. The Labute approximate surface area is 140 Å². The van der Waals surface area contributed by atoms with Crippen LogP contribution in [-0.2, 0) is 20.0 Å². The van der Waals surface area contributed by atoms with Crippen LogP contribution in [0.4, 0.5) is 0 Å². The number of sulfonamides is 2. The summed E-state index contributed by atoms with van der Waals surface area (Å²) in [5.41, 5.74) is -0.00560. The van der Waals surface area contributed by atoms with Gasteiger partial charge in [-0.25, -0.2) is 25.9 Å². The maximum atomic E-state index is 12.1. The minimum absolute atomic E-state index is 0.00560. The van der Waals surface area contributed by atoms with Gasteiger partial charge in [0.05, 0.1) is 21.7 Å². The normalized spacial score (nSPS) is 12.4. The molecule has 0 saturated heterocycles. The van der Waals surface area contributed by atoms with Gasteiger partial charge in [-0.2, -0.15) is 0 Å². The number of carbonyl (C=O) groups excluding carboxylic acids is 1. The molecule has 0 aliphatic heterocycles. The molecule has 23 heavy (non-hydrogen) atoms. The molecule has 0 spiro atoms. The van der Waals surface area contributed by atoms with Crippen molar-refractivity contribution < 1.29 is 21.6 Å². The molecule has 0 unspecified atom stereocenters. The van der Waals surface area contributed by atoms with Gasteiger partial charge < -0.3 is 5.32 Å².